The third kappa shape index (κ3) is 0.695. The molecule has 0 amide bonds. The molecule has 0 aliphatic heterocycles. The van der Waals surface area contributed by atoms with Gasteiger partial charge in [0.05, 0.1) is 4.70 Å². The van der Waals surface area contributed by atoms with Crippen LogP contribution in [0.2, 0.25) is 0 Å². The lowest BCUT2D eigenvalue weighted by Crippen LogP contribution is -1.64. The monoisotopic (exact) mass is 135 g/mol. The highest BCUT2D eigenvalue weighted by molar-refractivity contribution is 7.13. The first-order valence-electron chi connectivity index (χ1n) is 2.54. The molecule has 9 heavy (non-hydrogen) atoms. The van der Waals surface area contributed by atoms with E-state index in [1.165, 1.54) is 11.5 Å². The third-order valence-corrected chi connectivity index (χ3v) is 1.80. The predicted molar refractivity (Wildman–Crippen MR) is 36.3 cm³/mol. The van der Waals surface area contributed by atoms with Crippen LogP contribution in [0.3, 0.4) is 0 Å². The van der Waals surface area contributed by atoms with Crippen molar-refractivity contribution >= 4 is 21.6 Å². The van der Waals surface area contributed by atoms with E-state index < -0.39 is 0 Å². The molecule has 2 rings (SSSR count). The highest BCUT2D eigenvalue weighted by Crippen LogP contribution is 2.13. The first-order valence-corrected chi connectivity index (χ1v) is 3.31. The van der Waals surface area contributed by atoms with Gasteiger partial charge in [-0.05, 0) is 17.6 Å². The largest absolute Gasteiger partial charge is 0.263 e. The van der Waals surface area contributed by atoms with Gasteiger partial charge in [0.1, 0.15) is 6.20 Å². The zero-order valence-corrected chi connectivity index (χ0v) is 5.35. The maximum Gasteiger partial charge on any atom is 0.112 e. The van der Waals surface area contributed by atoms with Crippen molar-refractivity contribution in [3.05, 3.63) is 24.7 Å². The number of aromatic nitrogens is 2. The zero-order valence-electron chi connectivity index (χ0n) is 4.53. The molecule has 0 aromatic carbocycles. The Balaban J connectivity index is 2.95. The molecule has 0 saturated carbocycles. The topological polar surface area (TPSA) is 25.8 Å². The number of pyridine rings is 1. The van der Waals surface area contributed by atoms with Gasteiger partial charge in [0.15, 0.2) is 0 Å². The molecule has 0 bridgehead atoms. The zero-order chi connectivity index (χ0) is 6.10. The molecule has 0 spiro atoms. The van der Waals surface area contributed by atoms with Crippen LogP contribution in [-0.2, 0) is 0 Å². The second-order valence-corrected chi connectivity index (χ2v) is 2.47. The number of rotatable bonds is 0. The summed E-state index contributed by atoms with van der Waals surface area (Å²) in [5.41, 5.74) is 0. The number of fused-ring (bicyclic) bond motifs is 1. The van der Waals surface area contributed by atoms with Gasteiger partial charge in [-0.25, -0.2) is 0 Å². The maximum absolute atomic E-state index is 3.94. The first kappa shape index (κ1) is 4.88. The highest BCUT2D eigenvalue weighted by atomic mass is 32.1. The molecule has 2 nitrogen and oxygen atoms in total. The molecule has 1 radical (unpaired) electrons. The number of hydrogen-bond acceptors (Lipinski definition) is 3. The van der Waals surface area contributed by atoms with Crippen LogP contribution in [0.15, 0.2) is 18.5 Å². The Morgan fingerprint density at radius 1 is 1.56 bits per heavy atom. The third-order valence-electron chi connectivity index (χ3n) is 1.09. The van der Waals surface area contributed by atoms with E-state index in [0.717, 1.165) is 10.1 Å². The fraction of sp³-hybridized carbons (Fsp3) is 0. The minimum atomic E-state index is 1.05. The van der Waals surface area contributed by atoms with Crippen molar-refractivity contribution in [1.29, 1.82) is 0 Å². The van der Waals surface area contributed by atoms with Gasteiger partial charge >= 0.3 is 0 Å². The van der Waals surface area contributed by atoms with E-state index in [1.807, 2.05) is 6.07 Å². The molecule has 0 saturated heterocycles. The predicted octanol–water partition coefficient (Wildman–Crippen LogP) is 1.49. The van der Waals surface area contributed by atoms with Gasteiger partial charge in [-0.3, -0.25) is 4.98 Å². The summed E-state index contributed by atoms with van der Waals surface area (Å²) in [6, 6.07) is 1.90. The van der Waals surface area contributed by atoms with Gasteiger partial charge in [0, 0.05) is 17.8 Å². The van der Waals surface area contributed by atoms with Gasteiger partial charge in [-0.2, -0.15) is 4.37 Å². The fourth-order valence-electron chi connectivity index (χ4n) is 0.666. The van der Waals surface area contributed by atoms with Crippen molar-refractivity contribution in [2.45, 2.75) is 0 Å². The lowest BCUT2D eigenvalue weighted by atomic mass is 10.4. The molecule has 0 N–H and O–H groups in total. The van der Waals surface area contributed by atoms with E-state index in [4.69, 9.17) is 0 Å². The molecular weight excluding hydrogens is 132 g/mol. The summed E-state index contributed by atoms with van der Waals surface area (Å²) in [7, 11) is 0. The van der Waals surface area contributed by atoms with Crippen molar-refractivity contribution in [2.75, 3.05) is 0 Å². The molecule has 0 aliphatic carbocycles. The second kappa shape index (κ2) is 1.77. The summed E-state index contributed by atoms with van der Waals surface area (Å²) in [6.45, 7) is 0. The normalized spacial score (nSPS) is 10.2. The van der Waals surface area contributed by atoms with Crippen LogP contribution in [0.4, 0.5) is 0 Å². The molecule has 0 unspecified atom stereocenters. The van der Waals surface area contributed by atoms with E-state index in [2.05, 4.69) is 15.6 Å². The minimum absolute atomic E-state index is 1.05. The van der Waals surface area contributed by atoms with Crippen LogP contribution in [0.5, 0.6) is 0 Å². The Morgan fingerprint density at radius 3 is 3.44 bits per heavy atom. The van der Waals surface area contributed by atoms with Crippen LogP contribution >= 0.6 is 11.5 Å². The molecule has 43 valence electrons. The minimum Gasteiger partial charge on any atom is -0.263 e. The van der Waals surface area contributed by atoms with Crippen LogP contribution < -0.4 is 0 Å². The SMILES string of the molecule is [c]1nsc2cnccc12. The summed E-state index contributed by atoms with van der Waals surface area (Å²) in [5, 5.41) is 1.05. The summed E-state index contributed by atoms with van der Waals surface area (Å²) in [6.07, 6.45) is 6.39. The average molecular weight is 135 g/mol. The van der Waals surface area contributed by atoms with Crippen molar-refractivity contribution in [1.82, 2.24) is 9.36 Å². The summed E-state index contributed by atoms with van der Waals surface area (Å²) < 4.78 is 4.97. The first-order chi connectivity index (χ1) is 4.47. The second-order valence-electron chi connectivity index (χ2n) is 1.67. The molecule has 0 fully saturated rings. The quantitative estimate of drug-likeness (QED) is 0.547. The maximum atomic E-state index is 3.94. The lowest BCUT2D eigenvalue weighted by Gasteiger charge is -1.79. The molecule has 2 aromatic heterocycles. The lowest BCUT2D eigenvalue weighted by molar-refractivity contribution is 1.37. The van der Waals surface area contributed by atoms with Gasteiger partial charge < -0.3 is 0 Å². The van der Waals surface area contributed by atoms with Gasteiger partial charge in [0.25, 0.3) is 0 Å². The Bertz CT molecular complexity index is 285. The fourth-order valence-corrected chi connectivity index (χ4v) is 1.23. The van der Waals surface area contributed by atoms with E-state index in [9.17, 15) is 0 Å². The van der Waals surface area contributed by atoms with Gasteiger partial charge in [-0.15, -0.1) is 0 Å². The molecule has 2 aromatic rings. The Hall–Kier alpha value is -0.960. The molecule has 0 atom stereocenters. The van der Waals surface area contributed by atoms with Crippen molar-refractivity contribution < 1.29 is 0 Å². The summed E-state index contributed by atoms with van der Waals surface area (Å²) in [5.74, 6) is 0. The van der Waals surface area contributed by atoms with E-state index >= 15 is 0 Å². The van der Waals surface area contributed by atoms with Crippen molar-refractivity contribution in [2.24, 2.45) is 0 Å². The Morgan fingerprint density at radius 2 is 2.56 bits per heavy atom. The van der Waals surface area contributed by atoms with Gasteiger partial charge in [-0.1, -0.05) is 0 Å². The molecule has 0 aliphatic rings. The molecule has 2 heterocycles. The van der Waals surface area contributed by atoms with Gasteiger partial charge in [0.2, 0.25) is 0 Å². The highest BCUT2D eigenvalue weighted by Gasteiger charge is 1.91. The van der Waals surface area contributed by atoms with E-state index in [1.54, 1.807) is 12.4 Å². The molecule has 3 heteroatoms. The number of hydrogen-bond donors (Lipinski definition) is 0. The van der Waals surface area contributed by atoms with Crippen molar-refractivity contribution in [3.63, 3.8) is 0 Å². The summed E-state index contributed by atoms with van der Waals surface area (Å²) >= 11 is 1.42. The van der Waals surface area contributed by atoms with E-state index in [-0.39, 0.29) is 0 Å². The standard InChI is InChI=1S/C6H3N2S/c1-2-7-4-6-5(1)3-8-9-6/h1-2,4H. The van der Waals surface area contributed by atoms with Crippen LogP contribution in [0.1, 0.15) is 0 Å². The average Bonchev–Trinajstić information content (AvgIpc) is 2.33. The Kier molecular flexibility index (Phi) is 0.960. The van der Waals surface area contributed by atoms with Crippen LogP contribution in [0, 0.1) is 6.20 Å². The Labute approximate surface area is 56.3 Å². The van der Waals surface area contributed by atoms with E-state index in [0.29, 0.717) is 0 Å². The molecular formula is C6H3N2S. The smallest absolute Gasteiger partial charge is 0.112 e. The van der Waals surface area contributed by atoms with Crippen LogP contribution in [-0.4, -0.2) is 9.36 Å². The van der Waals surface area contributed by atoms with Crippen LogP contribution in [0.25, 0.3) is 10.1 Å². The number of nitrogens with zero attached hydrogens (tertiary/aromatic N) is 2. The van der Waals surface area contributed by atoms with Crippen molar-refractivity contribution in [3.8, 4) is 0 Å². The summed E-state index contributed by atoms with van der Waals surface area (Å²) in [4.78, 5) is 3.94.